The average Bonchev–Trinajstić information content (AvgIpc) is 2.24. The molecule has 0 aliphatic heterocycles. The molecule has 0 unspecified atom stereocenters. The van der Waals surface area contributed by atoms with E-state index in [1.54, 1.807) is 0 Å². The molecule has 0 rings (SSSR count). The van der Waals surface area contributed by atoms with Gasteiger partial charge in [0.25, 0.3) is 0 Å². The third-order valence-electron chi connectivity index (χ3n) is 1.84. The van der Waals surface area contributed by atoms with E-state index < -0.39 is 21.5 Å². The zero-order chi connectivity index (χ0) is 15.3. The predicted octanol–water partition coefficient (Wildman–Crippen LogP) is 3.80. The second-order valence-corrected chi connectivity index (χ2v) is 6.17. The number of carbonyl (C=O) groups is 2. The maximum absolute atomic E-state index is 11.4. The fraction of sp³-hybridized carbons (Fsp3) is 0.600. The predicted molar refractivity (Wildman–Crippen MR) is 71.5 cm³/mol. The van der Waals surface area contributed by atoms with Gasteiger partial charge in [-0.3, -0.25) is 0 Å². The monoisotopic (exact) mass is 330 g/mol. The summed E-state index contributed by atoms with van der Waals surface area (Å²) in [6, 6.07) is 0. The first kappa shape index (κ1) is 18.1. The Bertz CT molecular complexity index is 413. The Morgan fingerprint density at radius 1 is 1.16 bits per heavy atom. The molecule has 0 atom stereocenters. The third kappa shape index (κ3) is 6.75. The van der Waals surface area contributed by atoms with Gasteiger partial charge in [-0.15, -0.1) is 5.11 Å². The summed E-state index contributed by atoms with van der Waals surface area (Å²) in [6.07, 6.45) is 0.00517. The Morgan fingerprint density at radius 3 is 2.11 bits per heavy atom. The van der Waals surface area contributed by atoms with Gasteiger partial charge < -0.3 is 9.47 Å². The van der Waals surface area contributed by atoms with E-state index in [9.17, 15) is 9.59 Å². The average molecular weight is 332 g/mol. The van der Waals surface area contributed by atoms with Crippen molar-refractivity contribution in [1.82, 2.24) is 0 Å². The highest BCUT2D eigenvalue weighted by Crippen LogP contribution is 2.40. The summed E-state index contributed by atoms with van der Waals surface area (Å²) >= 11 is 16.9. The van der Waals surface area contributed by atoms with Crippen LogP contribution in [0.2, 0.25) is 0 Å². The molecule has 0 aromatic carbocycles. The largest absolute Gasteiger partial charge is 0.466 e. The molecular formula is C10H13Cl3N2O4. The zero-order valence-electron chi connectivity index (χ0n) is 10.7. The quantitative estimate of drug-likeness (QED) is 0.341. The lowest BCUT2D eigenvalue weighted by Crippen LogP contribution is -2.40. The van der Waals surface area contributed by atoms with Crippen molar-refractivity contribution >= 4 is 46.9 Å². The molecule has 0 aromatic heterocycles. The van der Waals surface area contributed by atoms with Crippen LogP contribution in [0.5, 0.6) is 0 Å². The molecule has 0 saturated heterocycles. The van der Waals surface area contributed by atoms with Gasteiger partial charge in [0.05, 0.1) is 12.8 Å². The third-order valence-corrected chi connectivity index (χ3v) is 3.21. The van der Waals surface area contributed by atoms with Crippen molar-refractivity contribution in [3.8, 4) is 0 Å². The van der Waals surface area contributed by atoms with Crippen LogP contribution in [-0.2, 0) is 14.3 Å². The topological polar surface area (TPSA) is 77.3 Å². The van der Waals surface area contributed by atoms with Gasteiger partial charge in [0.1, 0.15) is 0 Å². The van der Waals surface area contributed by atoms with Crippen LogP contribution in [0.3, 0.4) is 0 Å². The highest BCUT2D eigenvalue weighted by atomic mass is 35.6. The van der Waals surface area contributed by atoms with Crippen molar-refractivity contribution in [3.05, 3.63) is 11.8 Å². The van der Waals surface area contributed by atoms with E-state index in [-0.39, 0.29) is 5.70 Å². The van der Waals surface area contributed by atoms with E-state index in [0.29, 0.717) is 0 Å². The number of methoxy groups -OCH3 is 1. The van der Waals surface area contributed by atoms with E-state index in [1.165, 1.54) is 27.9 Å². The van der Waals surface area contributed by atoms with Crippen LogP contribution >= 0.6 is 34.8 Å². The van der Waals surface area contributed by atoms with E-state index >= 15 is 0 Å². The molecule has 0 N–H and O–H groups in total. The lowest BCUT2D eigenvalue weighted by Gasteiger charge is -2.30. The Labute approximate surface area is 125 Å². The molecule has 0 aromatic rings. The van der Waals surface area contributed by atoms with Gasteiger partial charge in [-0.05, 0) is 20.8 Å². The summed E-state index contributed by atoms with van der Waals surface area (Å²) in [7, 11) is 1.21. The van der Waals surface area contributed by atoms with Crippen LogP contribution in [0, 0.1) is 0 Å². The number of esters is 1. The Kier molecular flexibility index (Phi) is 6.76. The standard InChI is InChI=1S/C10H13Cl3N2O4/c1-6(5-7(16)18-4)14-15-8(17)19-9(2,3)10(11,12)13/h5H,1-4H3/b6-5+,15-14?. The number of ether oxygens (including phenoxy) is 2. The Balaban J connectivity index is 4.65. The second-order valence-electron chi connectivity index (χ2n) is 3.88. The highest BCUT2D eigenvalue weighted by molar-refractivity contribution is 6.68. The summed E-state index contributed by atoms with van der Waals surface area (Å²) in [5.41, 5.74) is -1.22. The van der Waals surface area contributed by atoms with Crippen molar-refractivity contribution in [2.45, 2.75) is 30.2 Å². The molecule has 1 amide bonds. The molecule has 0 aliphatic rings. The molecule has 0 radical (unpaired) electrons. The minimum absolute atomic E-state index is 0.162. The Morgan fingerprint density at radius 2 is 1.68 bits per heavy atom. The van der Waals surface area contributed by atoms with Crippen molar-refractivity contribution in [2.75, 3.05) is 7.11 Å². The number of carbonyl (C=O) groups excluding carboxylic acids is 2. The van der Waals surface area contributed by atoms with Crippen molar-refractivity contribution in [1.29, 1.82) is 0 Å². The number of amides is 1. The second kappa shape index (κ2) is 7.07. The fourth-order valence-corrected chi connectivity index (χ4v) is 0.790. The van der Waals surface area contributed by atoms with Crippen LogP contribution in [-0.4, -0.2) is 28.6 Å². The van der Waals surface area contributed by atoms with Gasteiger partial charge in [-0.1, -0.05) is 39.9 Å². The smallest absolute Gasteiger partial charge is 0.453 e. The number of nitrogens with zero attached hydrogens (tertiary/aromatic N) is 2. The van der Waals surface area contributed by atoms with Gasteiger partial charge in [-0.2, -0.15) is 0 Å². The van der Waals surface area contributed by atoms with E-state index in [1.807, 2.05) is 0 Å². The first-order chi connectivity index (χ1) is 8.49. The summed E-state index contributed by atoms with van der Waals surface area (Å²) in [5, 5.41) is 6.68. The molecule has 0 aliphatic carbocycles. The lowest BCUT2D eigenvalue weighted by molar-refractivity contribution is -0.134. The van der Waals surface area contributed by atoms with Crippen LogP contribution in [0.15, 0.2) is 22.0 Å². The minimum atomic E-state index is -1.81. The van der Waals surface area contributed by atoms with Crippen molar-refractivity contribution in [2.24, 2.45) is 10.2 Å². The Hall–Kier alpha value is -0.850. The summed E-state index contributed by atoms with van der Waals surface area (Å²) in [4.78, 5) is 22.2. The number of alkyl halides is 3. The van der Waals surface area contributed by atoms with Crippen molar-refractivity contribution in [3.63, 3.8) is 0 Å². The summed E-state index contributed by atoms with van der Waals surface area (Å²) in [6.45, 7) is 4.27. The molecule has 108 valence electrons. The van der Waals surface area contributed by atoms with E-state index in [4.69, 9.17) is 39.5 Å². The lowest BCUT2D eigenvalue weighted by atomic mass is 10.2. The number of halogens is 3. The zero-order valence-corrected chi connectivity index (χ0v) is 13.0. The molecule has 0 heterocycles. The first-order valence-electron chi connectivity index (χ1n) is 4.97. The molecular weight excluding hydrogens is 318 g/mol. The number of allylic oxidation sites excluding steroid dienone is 1. The molecule has 19 heavy (non-hydrogen) atoms. The number of hydrogen-bond acceptors (Lipinski definition) is 5. The van der Waals surface area contributed by atoms with Gasteiger partial charge in [0.15, 0.2) is 5.60 Å². The molecule has 0 fully saturated rings. The summed E-state index contributed by atoms with van der Waals surface area (Å²) < 4.78 is 7.40. The summed E-state index contributed by atoms with van der Waals surface area (Å²) in [5.74, 6) is -0.619. The number of azo groups is 1. The molecule has 0 spiro atoms. The van der Waals surface area contributed by atoms with Crippen LogP contribution in [0.1, 0.15) is 20.8 Å². The molecule has 6 nitrogen and oxygen atoms in total. The van der Waals surface area contributed by atoms with Crippen LogP contribution in [0.4, 0.5) is 4.79 Å². The first-order valence-corrected chi connectivity index (χ1v) is 6.10. The van der Waals surface area contributed by atoms with Crippen molar-refractivity contribution < 1.29 is 19.1 Å². The van der Waals surface area contributed by atoms with Crippen LogP contribution in [0.25, 0.3) is 0 Å². The maximum Gasteiger partial charge on any atom is 0.453 e. The molecule has 0 bridgehead atoms. The van der Waals surface area contributed by atoms with E-state index in [2.05, 4.69) is 15.0 Å². The maximum atomic E-state index is 11.4. The SMILES string of the molecule is COC(=O)/C=C(\C)N=NC(=O)OC(C)(C)C(Cl)(Cl)Cl. The van der Waals surface area contributed by atoms with Crippen LogP contribution < -0.4 is 0 Å². The number of hydrogen-bond donors (Lipinski definition) is 0. The fourth-order valence-electron chi connectivity index (χ4n) is 0.675. The molecule has 0 saturated carbocycles. The number of rotatable bonds is 3. The van der Waals surface area contributed by atoms with Gasteiger partial charge in [0, 0.05) is 6.08 Å². The van der Waals surface area contributed by atoms with Gasteiger partial charge in [0.2, 0.25) is 3.79 Å². The highest BCUT2D eigenvalue weighted by Gasteiger charge is 2.44. The minimum Gasteiger partial charge on any atom is -0.466 e. The van der Waals surface area contributed by atoms with E-state index in [0.717, 1.165) is 6.08 Å². The molecule has 9 heteroatoms. The van der Waals surface area contributed by atoms with Gasteiger partial charge >= 0.3 is 12.1 Å². The van der Waals surface area contributed by atoms with Gasteiger partial charge in [-0.25, -0.2) is 9.59 Å². The normalized spacial score (nSPS) is 13.5.